The number of pyridine rings is 2. The summed E-state index contributed by atoms with van der Waals surface area (Å²) >= 11 is 0. The largest absolute Gasteiger partial charge is 0.355 e. The van der Waals surface area contributed by atoms with Crippen molar-refractivity contribution >= 4 is 22.5 Å². The quantitative estimate of drug-likeness (QED) is 0.502. The third kappa shape index (κ3) is 3.01. The van der Waals surface area contributed by atoms with Crippen LogP contribution in [-0.4, -0.2) is 61.7 Å². The lowest BCUT2D eigenvalue weighted by Gasteiger charge is -2.61. The van der Waals surface area contributed by atoms with E-state index in [9.17, 15) is 0 Å². The van der Waals surface area contributed by atoms with Gasteiger partial charge in [0, 0.05) is 55.0 Å². The number of aryl methyl sites for hydroxylation is 1. The van der Waals surface area contributed by atoms with Crippen molar-refractivity contribution < 1.29 is 0 Å². The van der Waals surface area contributed by atoms with Crippen molar-refractivity contribution in [2.75, 3.05) is 31.1 Å². The molecule has 1 spiro atoms. The fourth-order valence-corrected chi connectivity index (χ4v) is 5.79. The highest BCUT2D eigenvalue weighted by Gasteiger charge is 2.52. The van der Waals surface area contributed by atoms with Gasteiger partial charge in [-0.15, -0.1) is 0 Å². The smallest absolute Gasteiger partial charge is 0.158 e. The van der Waals surface area contributed by atoms with Gasteiger partial charge in [0.05, 0.1) is 16.7 Å². The van der Waals surface area contributed by atoms with Crippen LogP contribution in [0, 0.1) is 19.3 Å². The first kappa shape index (κ1) is 20.7. The summed E-state index contributed by atoms with van der Waals surface area (Å²) in [5.74, 6) is 1.44. The predicted molar refractivity (Wildman–Crippen MR) is 133 cm³/mol. The minimum Gasteiger partial charge on any atom is -0.355 e. The maximum atomic E-state index is 5.19. The first-order valence-corrected chi connectivity index (χ1v) is 12.1. The molecule has 2 fully saturated rings. The number of aromatic nitrogens is 5. The number of hydrogen-bond acceptors (Lipinski definition) is 5. The van der Waals surface area contributed by atoms with Gasteiger partial charge in [-0.3, -0.25) is 4.90 Å². The molecule has 0 aromatic carbocycles. The van der Waals surface area contributed by atoms with Crippen LogP contribution in [-0.2, 0) is 0 Å². The third-order valence-corrected chi connectivity index (χ3v) is 7.82. The Bertz CT molecular complexity index is 1360. The van der Waals surface area contributed by atoms with Gasteiger partial charge in [-0.25, -0.2) is 14.5 Å². The summed E-state index contributed by atoms with van der Waals surface area (Å²) in [5.41, 5.74) is 9.56. The van der Waals surface area contributed by atoms with Crippen LogP contribution in [0.15, 0.2) is 24.7 Å². The molecule has 2 aliphatic heterocycles. The van der Waals surface area contributed by atoms with E-state index in [-0.39, 0.29) is 0 Å². The normalized spacial score (nSPS) is 18.1. The summed E-state index contributed by atoms with van der Waals surface area (Å²) in [5, 5.41) is 4.40. The molecule has 33 heavy (non-hydrogen) atoms. The molecule has 7 nitrogen and oxygen atoms in total. The van der Waals surface area contributed by atoms with Crippen LogP contribution in [0.4, 0.5) is 5.82 Å². The number of aromatic amines is 1. The minimum absolute atomic E-state index is 0.344. The fourth-order valence-electron chi connectivity index (χ4n) is 5.79. The molecular formula is C26H33N7. The molecule has 4 aromatic heterocycles. The number of nitrogens with one attached hydrogen (secondary N) is 1. The van der Waals surface area contributed by atoms with Gasteiger partial charge in [0.1, 0.15) is 12.1 Å². The van der Waals surface area contributed by atoms with Gasteiger partial charge < -0.3 is 9.88 Å². The molecule has 0 atom stereocenters. The Hall–Kier alpha value is -2.93. The highest BCUT2D eigenvalue weighted by Crippen LogP contribution is 2.43. The summed E-state index contributed by atoms with van der Waals surface area (Å²) in [7, 11) is 0. The maximum Gasteiger partial charge on any atom is 0.158 e. The van der Waals surface area contributed by atoms with Crippen LogP contribution < -0.4 is 4.90 Å². The lowest BCUT2D eigenvalue weighted by Crippen LogP contribution is -2.73. The molecule has 0 amide bonds. The molecule has 2 aliphatic rings. The molecule has 7 heteroatoms. The summed E-state index contributed by atoms with van der Waals surface area (Å²) in [6.45, 7) is 18.1. The summed E-state index contributed by atoms with van der Waals surface area (Å²) in [6, 6.07) is 5.03. The van der Waals surface area contributed by atoms with E-state index in [1.165, 1.54) is 29.8 Å². The summed E-state index contributed by atoms with van der Waals surface area (Å²) in [4.78, 5) is 18.3. The van der Waals surface area contributed by atoms with Gasteiger partial charge in [0.2, 0.25) is 0 Å². The van der Waals surface area contributed by atoms with E-state index in [0.717, 1.165) is 46.8 Å². The van der Waals surface area contributed by atoms with E-state index in [0.29, 0.717) is 17.4 Å². The Kier molecular flexibility index (Phi) is 4.40. The molecule has 6 rings (SSSR count). The van der Waals surface area contributed by atoms with Crippen LogP contribution in [0.3, 0.4) is 0 Å². The van der Waals surface area contributed by atoms with Crippen LogP contribution in [0.1, 0.15) is 50.3 Å². The number of anilines is 1. The van der Waals surface area contributed by atoms with Gasteiger partial charge in [-0.05, 0) is 56.9 Å². The molecule has 2 saturated heterocycles. The summed E-state index contributed by atoms with van der Waals surface area (Å²) < 4.78 is 1.88. The molecule has 6 heterocycles. The highest BCUT2D eigenvalue weighted by molar-refractivity contribution is 5.90. The van der Waals surface area contributed by atoms with Crippen molar-refractivity contribution in [3.05, 3.63) is 41.3 Å². The second kappa shape index (κ2) is 7.03. The third-order valence-electron chi connectivity index (χ3n) is 7.82. The molecule has 0 bridgehead atoms. The number of nitrogens with zero attached hydrogens (tertiary/aromatic N) is 6. The van der Waals surface area contributed by atoms with E-state index in [1.807, 2.05) is 4.52 Å². The average molecular weight is 444 g/mol. The van der Waals surface area contributed by atoms with Crippen molar-refractivity contribution in [3.63, 3.8) is 0 Å². The molecule has 172 valence electrons. The van der Waals surface area contributed by atoms with E-state index in [2.05, 4.69) is 84.7 Å². The van der Waals surface area contributed by atoms with Crippen LogP contribution >= 0.6 is 0 Å². The Labute approximate surface area is 194 Å². The number of likely N-dealkylation sites (tertiary alicyclic amines) is 1. The van der Waals surface area contributed by atoms with Gasteiger partial charge >= 0.3 is 0 Å². The number of H-pyrrole nitrogens is 1. The molecule has 1 N–H and O–H groups in total. The van der Waals surface area contributed by atoms with Crippen LogP contribution in [0.25, 0.3) is 27.9 Å². The standard InChI is InChI=1S/C26H33N7/c1-15(2)22-23(19-9-33-25(27-14-28-33)18(6)17(19)5)29-20-7-8-21(30-24(20)22)32-12-26(13-32)10-31(11-26)16(3)4/h7-9,14-16,29H,10-13H2,1-6H3. The van der Waals surface area contributed by atoms with E-state index in [1.54, 1.807) is 6.33 Å². The zero-order valence-electron chi connectivity index (χ0n) is 20.5. The average Bonchev–Trinajstić information content (AvgIpc) is 3.32. The molecule has 4 aromatic rings. The molecule has 0 saturated carbocycles. The lowest BCUT2D eigenvalue weighted by molar-refractivity contribution is -0.0414. The van der Waals surface area contributed by atoms with Gasteiger partial charge in [-0.2, -0.15) is 5.10 Å². The molecule has 0 unspecified atom stereocenters. The first-order valence-electron chi connectivity index (χ1n) is 12.1. The number of fused-ring (bicyclic) bond motifs is 2. The minimum atomic E-state index is 0.344. The second-order valence-corrected chi connectivity index (χ2v) is 10.8. The zero-order chi connectivity index (χ0) is 23.1. The fraction of sp³-hybridized carbons (Fsp3) is 0.500. The molecular weight excluding hydrogens is 410 g/mol. The van der Waals surface area contributed by atoms with Crippen LogP contribution in [0.2, 0.25) is 0 Å². The second-order valence-electron chi connectivity index (χ2n) is 10.8. The molecule has 0 radical (unpaired) electrons. The number of rotatable bonds is 4. The Balaban J connectivity index is 1.38. The van der Waals surface area contributed by atoms with E-state index < -0.39 is 0 Å². The van der Waals surface area contributed by atoms with Crippen molar-refractivity contribution in [1.82, 2.24) is 29.5 Å². The zero-order valence-corrected chi connectivity index (χ0v) is 20.5. The van der Waals surface area contributed by atoms with Gasteiger partial charge in [-0.1, -0.05) is 13.8 Å². The van der Waals surface area contributed by atoms with Gasteiger partial charge in [0.15, 0.2) is 5.65 Å². The Morgan fingerprint density at radius 3 is 2.45 bits per heavy atom. The topological polar surface area (TPSA) is 65.4 Å². The maximum absolute atomic E-state index is 5.19. The Morgan fingerprint density at radius 2 is 1.76 bits per heavy atom. The van der Waals surface area contributed by atoms with E-state index >= 15 is 0 Å². The van der Waals surface area contributed by atoms with Crippen molar-refractivity contribution in [2.45, 2.75) is 53.5 Å². The van der Waals surface area contributed by atoms with Crippen molar-refractivity contribution in [3.8, 4) is 11.3 Å². The summed E-state index contributed by atoms with van der Waals surface area (Å²) in [6.07, 6.45) is 3.72. The molecule has 0 aliphatic carbocycles. The number of hydrogen-bond donors (Lipinski definition) is 1. The van der Waals surface area contributed by atoms with Crippen molar-refractivity contribution in [2.24, 2.45) is 5.41 Å². The predicted octanol–water partition coefficient (Wildman–Crippen LogP) is 4.54. The Morgan fingerprint density at radius 1 is 1.00 bits per heavy atom. The first-order chi connectivity index (χ1) is 15.8. The highest BCUT2D eigenvalue weighted by atomic mass is 15.3. The van der Waals surface area contributed by atoms with Crippen LogP contribution in [0.5, 0.6) is 0 Å². The van der Waals surface area contributed by atoms with Gasteiger partial charge in [0.25, 0.3) is 0 Å². The monoisotopic (exact) mass is 443 g/mol. The SMILES string of the molecule is Cc1c(-c2[nH]c3ccc(N4CC5(C4)CN(C(C)C)C5)nc3c2C(C)C)cn2ncnc2c1C. The lowest BCUT2D eigenvalue weighted by atomic mass is 9.72. The van der Waals surface area contributed by atoms with E-state index in [4.69, 9.17) is 4.98 Å². The van der Waals surface area contributed by atoms with Crippen molar-refractivity contribution in [1.29, 1.82) is 0 Å².